The highest BCUT2D eigenvalue weighted by atomic mass is 32.1. The minimum Gasteiger partial charge on any atom is -0.493 e. The quantitative estimate of drug-likeness (QED) is 0.895. The second kappa shape index (κ2) is 6.02. The zero-order valence-corrected chi connectivity index (χ0v) is 14.6. The van der Waals surface area contributed by atoms with Crippen LogP contribution in [0, 0.1) is 0 Å². The Bertz CT molecular complexity index is 800. The van der Waals surface area contributed by atoms with Gasteiger partial charge in [0.2, 0.25) is 0 Å². The number of rotatable bonds is 3. The molecule has 0 saturated heterocycles. The second-order valence-electron chi connectivity index (χ2n) is 6.05. The standard InChI is InChI=1S/C18H20N2O3S/c1-22-12-8-5-7-11(15(12)23-2)16-19-17(21)14-10-6-3-4-9-13(10)24-18(14)20-16/h5,7-8,16,20H,3-4,6,9H2,1-2H3,(H,19,21). The second-order valence-corrected chi connectivity index (χ2v) is 7.15. The van der Waals surface area contributed by atoms with Crippen LogP contribution in [0.1, 0.15) is 45.4 Å². The number of thiophene rings is 1. The lowest BCUT2D eigenvalue weighted by Gasteiger charge is -2.28. The third-order valence-corrected chi connectivity index (χ3v) is 5.92. The van der Waals surface area contributed by atoms with Crippen LogP contribution in [0.5, 0.6) is 11.5 Å². The Hall–Kier alpha value is -2.21. The highest BCUT2D eigenvalue weighted by molar-refractivity contribution is 7.16. The number of methoxy groups -OCH3 is 2. The van der Waals surface area contributed by atoms with Gasteiger partial charge in [-0.15, -0.1) is 11.3 Å². The normalized spacial score (nSPS) is 18.9. The fraction of sp³-hybridized carbons (Fsp3) is 0.389. The van der Waals surface area contributed by atoms with E-state index in [1.54, 1.807) is 25.6 Å². The number of fused-ring (bicyclic) bond motifs is 3. The molecular weight excluding hydrogens is 324 g/mol. The molecule has 1 aliphatic heterocycles. The molecule has 2 aromatic rings. The highest BCUT2D eigenvalue weighted by Gasteiger charge is 2.33. The maximum atomic E-state index is 12.7. The first kappa shape index (κ1) is 15.3. The van der Waals surface area contributed by atoms with Gasteiger partial charge in [0.25, 0.3) is 5.91 Å². The number of hydrogen-bond donors (Lipinski definition) is 2. The molecule has 0 fully saturated rings. The van der Waals surface area contributed by atoms with E-state index in [9.17, 15) is 4.79 Å². The summed E-state index contributed by atoms with van der Waals surface area (Å²) in [6.45, 7) is 0. The molecule has 2 aliphatic rings. The first-order chi connectivity index (χ1) is 11.7. The van der Waals surface area contributed by atoms with E-state index in [1.807, 2.05) is 18.2 Å². The summed E-state index contributed by atoms with van der Waals surface area (Å²) in [5, 5.41) is 7.52. The summed E-state index contributed by atoms with van der Waals surface area (Å²) in [4.78, 5) is 14.1. The van der Waals surface area contributed by atoms with Crippen molar-refractivity contribution in [2.45, 2.75) is 31.8 Å². The fourth-order valence-electron chi connectivity index (χ4n) is 3.57. The van der Waals surface area contributed by atoms with Crippen molar-refractivity contribution in [3.05, 3.63) is 39.8 Å². The molecule has 0 saturated carbocycles. The van der Waals surface area contributed by atoms with E-state index in [-0.39, 0.29) is 12.1 Å². The van der Waals surface area contributed by atoms with Gasteiger partial charge in [-0.3, -0.25) is 4.79 Å². The van der Waals surface area contributed by atoms with Crippen LogP contribution in [0.25, 0.3) is 0 Å². The monoisotopic (exact) mass is 344 g/mol. The smallest absolute Gasteiger partial charge is 0.256 e. The van der Waals surface area contributed by atoms with Crippen LogP contribution in [-0.2, 0) is 12.8 Å². The van der Waals surface area contributed by atoms with Gasteiger partial charge in [-0.05, 0) is 37.3 Å². The molecule has 1 atom stereocenters. The van der Waals surface area contributed by atoms with E-state index >= 15 is 0 Å². The van der Waals surface area contributed by atoms with Crippen molar-refractivity contribution in [1.29, 1.82) is 0 Å². The summed E-state index contributed by atoms with van der Waals surface area (Å²) >= 11 is 1.72. The zero-order valence-electron chi connectivity index (χ0n) is 13.8. The van der Waals surface area contributed by atoms with Gasteiger partial charge in [0.05, 0.1) is 19.8 Å². The number of ether oxygens (including phenoxy) is 2. The SMILES string of the molecule is COc1cccc(C2NC(=O)c3c(sc4c3CCCC4)N2)c1OC. The Balaban J connectivity index is 1.74. The number of para-hydroxylation sites is 1. The number of carbonyl (C=O) groups excluding carboxylic acids is 1. The predicted molar refractivity (Wildman–Crippen MR) is 94.3 cm³/mol. The molecule has 2 N–H and O–H groups in total. The summed E-state index contributed by atoms with van der Waals surface area (Å²) in [5.74, 6) is 1.29. The van der Waals surface area contributed by atoms with Crippen LogP contribution in [0.4, 0.5) is 5.00 Å². The maximum absolute atomic E-state index is 12.7. The molecular formula is C18H20N2O3S. The summed E-state index contributed by atoms with van der Waals surface area (Å²) in [5.41, 5.74) is 2.94. The first-order valence-electron chi connectivity index (χ1n) is 8.15. The van der Waals surface area contributed by atoms with Gasteiger partial charge in [0, 0.05) is 10.4 Å². The average Bonchev–Trinajstić information content (AvgIpc) is 2.99. The van der Waals surface area contributed by atoms with Crippen LogP contribution >= 0.6 is 11.3 Å². The van der Waals surface area contributed by atoms with E-state index in [1.165, 1.54) is 16.9 Å². The summed E-state index contributed by atoms with van der Waals surface area (Å²) in [7, 11) is 3.22. The van der Waals surface area contributed by atoms with Crippen molar-refractivity contribution in [2.75, 3.05) is 19.5 Å². The Kier molecular flexibility index (Phi) is 3.84. The minimum absolute atomic E-state index is 0.00183. The van der Waals surface area contributed by atoms with Crippen LogP contribution in [0.15, 0.2) is 18.2 Å². The molecule has 5 nitrogen and oxygen atoms in total. The third-order valence-electron chi connectivity index (χ3n) is 4.69. The molecule has 1 aromatic heterocycles. The number of benzene rings is 1. The Morgan fingerprint density at radius 1 is 1.12 bits per heavy atom. The Morgan fingerprint density at radius 2 is 1.96 bits per heavy atom. The van der Waals surface area contributed by atoms with E-state index in [0.717, 1.165) is 35.4 Å². The molecule has 4 rings (SSSR count). The lowest BCUT2D eigenvalue weighted by atomic mass is 9.94. The fourth-order valence-corrected chi connectivity index (χ4v) is 4.89. The topological polar surface area (TPSA) is 59.6 Å². The van der Waals surface area contributed by atoms with E-state index in [0.29, 0.717) is 11.5 Å². The molecule has 1 aromatic carbocycles. The maximum Gasteiger partial charge on any atom is 0.256 e. The minimum atomic E-state index is -0.324. The van der Waals surface area contributed by atoms with Crippen LogP contribution < -0.4 is 20.1 Å². The summed E-state index contributed by atoms with van der Waals surface area (Å²) in [6.07, 6.45) is 4.13. The summed E-state index contributed by atoms with van der Waals surface area (Å²) < 4.78 is 10.9. The van der Waals surface area contributed by atoms with Gasteiger partial charge in [-0.2, -0.15) is 0 Å². The molecule has 126 valence electrons. The van der Waals surface area contributed by atoms with E-state index in [4.69, 9.17) is 9.47 Å². The third kappa shape index (κ3) is 2.33. The van der Waals surface area contributed by atoms with E-state index in [2.05, 4.69) is 10.6 Å². The highest BCUT2D eigenvalue weighted by Crippen LogP contribution is 2.43. The van der Waals surface area contributed by atoms with Crippen molar-refractivity contribution >= 4 is 22.2 Å². The Morgan fingerprint density at radius 3 is 2.75 bits per heavy atom. The molecule has 1 unspecified atom stereocenters. The van der Waals surface area contributed by atoms with Crippen LogP contribution in [0.3, 0.4) is 0 Å². The number of carbonyl (C=O) groups is 1. The number of amides is 1. The Labute approximate surface area is 145 Å². The van der Waals surface area contributed by atoms with Gasteiger partial charge in [0.1, 0.15) is 11.2 Å². The van der Waals surface area contributed by atoms with Crippen molar-refractivity contribution in [3.63, 3.8) is 0 Å². The van der Waals surface area contributed by atoms with Crippen molar-refractivity contribution in [1.82, 2.24) is 5.32 Å². The average molecular weight is 344 g/mol. The van der Waals surface area contributed by atoms with Gasteiger partial charge in [0.15, 0.2) is 11.5 Å². The molecule has 2 heterocycles. The van der Waals surface area contributed by atoms with Gasteiger partial charge in [-0.25, -0.2) is 0 Å². The number of anilines is 1. The molecule has 0 bridgehead atoms. The lowest BCUT2D eigenvalue weighted by Crippen LogP contribution is -2.38. The first-order valence-corrected chi connectivity index (χ1v) is 8.97. The van der Waals surface area contributed by atoms with Gasteiger partial charge < -0.3 is 20.1 Å². The number of hydrogen-bond acceptors (Lipinski definition) is 5. The van der Waals surface area contributed by atoms with Crippen molar-refractivity contribution in [3.8, 4) is 11.5 Å². The number of nitrogens with one attached hydrogen (secondary N) is 2. The molecule has 0 spiro atoms. The molecule has 1 aliphatic carbocycles. The van der Waals surface area contributed by atoms with E-state index < -0.39 is 0 Å². The van der Waals surface area contributed by atoms with Crippen molar-refractivity contribution < 1.29 is 14.3 Å². The lowest BCUT2D eigenvalue weighted by molar-refractivity contribution is 0.0934. The molecule has 1 amide bonds. The summed E-state index contributed by atoms with van der Waals surface area (Å²) in [6, 6.07) is 5.69. The molecule has 24 heavy (non-hydrogen) atoms. The van der Waals surface area contributed by atoms with Gasteiger partial charge in [-0.1, -0.05) is 12.1 Å². The van der Waals surface area contributed by atoms with Gasteiger partial charge >= 0.3 is 0 Å². The predicted octanol–water partition coefficient (Wildman–Crippen LogP) is 3.50. The zero-order chi connectivity index (χ0) is 16.7. The largest absolute Gasteiger partial charge is 0.493 e. The van der Waals surface area contributed by atoms with Crippen molar-refractivity contribution in [2.24, 2.45) is 0 Å². The molecule has 0 radical (unpaired) electrons. The van der Waals surface area contributed by atoms with Crippen LogP contribution in [0.2, 0.25) is 0 Å². The van der Waals surface area contributed by atoms with Crippen LogP contribution in [-0.4, -0.2) is 20.1 Å². The number of aryl methyl sites for hydroxylation is 1. The molecule has 6 heteroatoms.